The van der Waals surface area contributed by atoms with Crippen LogP contribution in [-0.4, -0.2) is 38.1 Å². The molecule has 0 saturated carbocycles. The molecule has 0 radical (unpaired) electrons. The minimum absolute atomic E-state index is 0.126. The van der Waals surface area contributed by atoms with E-state index in [1.54, 1.807) is 0 Å². The molecule has 3 aromatic rings. The van der Waals surface area contributed by atoms with Gasteiger partial charge < -0.3 is 15.2 Å². The fraction of sp³-hybridized carbons (Fsp3) is 0.367. The Balaban J connectivity index is 1.47. The number of hydrogen-bond acceptors (Lipinski definition) is 5. The Kier molecular flexibility index (Phi) is 8.22. The monoisotopic (exact) mass is 521 g/mol. The van der Waals surface area contributed by atoms with Gasteiger partial charge in [-0.3, -0.25) is 4.79 Å². The van der Waals surface area contributed by atoms with Crippen LogP contribution in [0.15, 0.2) is 54.6 Å². The Morgan fingerprint density at radius 1 is 1.08 bits per heavy atom. The van der Waals surface area contributed by atoms with Gasteiger partial charge in [-0.2, -0.15) is 0 Å². The van der Waals surface area contributed by atoms with Gasteiger partial charge in [-0.25, -0.2) is 8.42 Å². The molecule has 1 unspecified atom stereocenters. The number of anilines is 1. The molecule has 37 heavy (non-hydrogen) atoms. The summed E-state index contributed by atoms with van der Waals surface area (Å²) in [6, 6.07) is 19.1. The maximum atomic E-state index is 11.3. The molecule has 3 aromatic carbocycles. The van der Waals surface area contributed by atoms with E-state index in [0.29, 0.717) is 19.4 Å². The predicted octanol–water partition coefficient (Wildman–Crippen LogP) is 5.90. The molecule has 7 heteroatoms. The van der Waals surface area contributed by atoms with Crippen LogP contribution in [0.2, 0.25) is 0 Å². The van der Waals surface area contributed by atoms with Crippen molar-refractivity contribution in [3.63, 3.8) is 0 Å². The van der Waals surface area contributed by atoms with Crippen molar-refractivity contribution in [1.29, 1.82) is 0 Å². The fourth-order valence-corrected chi connectivity index (χ4v) is 5.74. The van der Waals surface area contributed by atoms with E-state index in [1.165, 1.54) is 22.9 Å². The minimum Gasteiger partial charge on any atom is -0.494 e. The van der Waals surface area contributed by atoms with Crippen molar-refractivity contribution in [3.05, 3.63) is 82.4 Å². The molecule has 196 valence electrons. The molecule has 0 aliphatic carbocycles. The van der Waals surface area contributed by atoms with Gasteiger partial charge in [0.2, 0.25) is 0 Å². The lowest BCUT2D eigenvalue weighted by Crippen LogP contribution is -2.18. The maximum absolute atomic E-state index is 11.3. The summed E-state index contributed by atoms with van der Waals surface area (Å²) < 4.78 is 28.5. The Morgan fingerprint density at radius 3 is 2.54 bits per heavy atom. The highest BCUT2D eigenvalue weighted by Gasteiger charge is 2.20. The summed E-state index contributed by atoms with van der Waals surface area (Å²) in [7, 11) is -2.98. The Labute approximate surface area is 219 Å². The maximum Gasteiger partial charge on any atom is 0.303 e. The summed E-state index contributed by atoms with van der Waals surface area (Å²) in [5, 5.41) is 12.6. The number of ether oxygens (including phenoxy) is 1. The first-order valence-corrected chi connectivity index (χ1v) is 14.8. The van der Waals surface area contributed by atoms with Crippen molar-refractivity contribution < 1.29 is 23.1 Å². The molecular weight excluding hydrogens is 486 g/mol. The number of carboxylic acid groups (broad SMARTS) is 1. The number of hydrogen-bond donors (Lipinski definition) is 2. The molecule has 1 aliphatic rings. The summed E-state index contributed by atoms with van der Waals surface area (Å²) in [4.78, 5) is 10.9. The van der Waals surface area contributed by atoms with Gasteiger partial charge in [0.25, 0.3) is 0 Å². The number of rotatable bonds is 10. The lowest BCUT2D eigenvalue weighted by molar-refractivity contribution is -0.136. The first-order valence-electron chi connectivity index (χ1n) is 12.7. The van der Waals surface area contributed by atoms with E-state index in [4.69, 9.17) is 9.84 Å². The zero-order chi connectivity index (χ0) is 26.6. The fourth-order valence-electron chi connectivity index (χ4n) is 5.10. The Morgan fingerprint density at radius 2 is 1.84 bits per heavy atom. The van der Waals surface area contributed by atoms with Crippen LogP contribution in [0, 0.1) is 13.8 Å². The molecule has 1 aliphatic heterocycles. The van der Waals surface area contributed by atoms with Crippen LogP contribution >= 0.6 is 0 Å². The predicted molar refractivity (Wildman–Crippen MR) is 148 cm³/mol. The Hall–Kier alpha value is -3.32. The second-order valence-corrected chi connectivity index (χ2v) is 12.3. The average Bonchev–Trinajstić information content (AvgIpc) is 2.84. The molecule has 0 spiro atoms. The second kappa shape index (κ2) is 11.4. The molecule has 4 rings (SSSR count). The third kappa shape index (κ3) is 7.13. The van der Waals surface area contributed by atoms with Crippen molar-refractivity contribution >= 4 is 21.5 Å². The third-order valence-corrected chi connectivity index (χ3v) is 7.87. The first-order chi connectivity index (χ1) is 17.6. The summed E-state index contributed by atoms with van der Waals surface area (Å²) in [6.45, 7) is 4.53. The first kappa shape index (κ1) is 26.7. The lowest BCUT2D eigenvalue weighted by Gasteiger charge is -2.28. The van der Waals surface area contributed by atoms with Crippen LogP contribution < -0.4 is 10.1 Å². The van der Waals surface area contributed by atoms with Crippen molar-refractivity contribution in [2.45, 2.75) is 52.0 Å². The van der Waals surface area contributed by atoms with Crippen molar-refractivity contribution in [1.82, 2.24) is 0 Å². The van der Waals surface area contributed by atoms with Gasteiger partial charge in [0.05, 0.1) is 18.4 Å². The highest BCUT2D eigenvalue weighted by atomic mass is 32.2. The lowest BCUT2D eigenvalue weighted by atomic mass is 9.89. The topological polar surface area (TPSA) is 92.7 Å². The third-order valence-electron chi connectivity index (χ3n) is 6.84. The number of aryl methyl sites for hydroxylation is 4. The highest BCUT2D eigenvalue weighted by Crippen LogP contribution is 2.36. The van der Waals surface area contributed by atoms with Gasteiger partial charge >= 0.3 is 5.97 Å². The van der Waals surface area contributed by atoms with Crippen molar-refractivity contribution in [2.75, 3.05) is 23.9 Å². The van der Waals surface area contributed by atoms with Crippen LogP contribution in [0.4, 0.5) is 5.69 Å². The summed E-state index contributed by atoms with van der Waals surface area (Å²) >= 11 is 0. The molecule has 2 N–H and O–H groups in total. The van der Waals surface area contributed by atoms with Gasteiger partial charge in [-0.15, -0.1) is 0 Å². The van der Waals surface area contributed by atoms with Gasteiger partial charge in [0, 0.05) is 18.4 Å². The van der Waals surface area contributed by atoms with E-state index in [0.717, 1.165) is 46.5 Å². The van der Waals surface area contributed by atoms with Gasteiger partial charge in [0.15, 0.2) is 0 Å². The quantitative estimate of drug-likeness (QED) is 0.323. The number of sulfone groups is 1. The normalized spacial score (nSPS) is 15.1. The van der Waals surface area contributed by atoms with E-state index in [9.17, 15) is 13.2 Å². The average molecular weight is 522 g/mol. The van der Waals surface area contributed by atoms with Crippen LogP contribution in [-0.2, 0) is 27.5 Å². The highest BCUT2D eigenvalue weighted by molar-refractivity contribution is 7.90. The molecule has 0 bridgehead atoms. The molecule has 0 saturated heterocycles. The number of carboxylic acids is 1. The zero-order valence-electron chi connectivity index (χ0n) is 21.7. The number of carbonyl (C=O) groups is 1. The standard InChI is InChI=1S/C30H35NO5S/c1-20-16-26(36-14-5-15-37(3,34)35)17-21(2)30(20)25-7-4-6-23(19-25)28-12-10-24-18-22(9-13-29(32)33)8-11-27(24)31-28/h4,6-8,11,16-19,28,31H,5,9-10,12-15H2,1-3H3,(H,32,33). The van der Waals surface area contributed by atoms with Crippen molar-refractivity contribution in [3.8, 4) is 16.9 Å². The number of nitrogens with one attached hydrogen (secondary N) is 1. The molecule has 0 fully saturated rings. The van der Waals surface area contributed by atoms with Crippen LogP contribution in [0.25, 0.3) is 11.1 Å². The molecular formula is C30H35NO5S. The number of fused-ring (bicyclic) bond motifs is 1. The SMILES string of the molecule is Cc1cc(OCCCS(C)(=O)=O)cc(C)c1-c1cccc(C2CCc3cc(CCC(=O)O)ccc3N2)c1. The van der Waals surface area contributed by atoms with E-state index in [-0.39, 0.29) is 18.2 Å². The summed E-state index contributed by atoms with van der Waals surface area (Å²) in [6.07, 6.45) is 4.33. The van der Waals surface area contributed by atoms with Gasteiger partial charge in [-0.1, -0.05) is 30.3 Å². The van der Waals surface area contributed by atoms with Gasteiger partial charge in [-0.05, 0) is 103 Å². The summed E-state index contributed by atoms with van der Waals surface area (Å²) in [5.74, 6) is 0.117. The van der Waals surface area contributed by atoms with E-state index in [1.807, 2.05) is 18.2 Å². The second-order valence-electron chi connectivity index (χ2n) is 10.0. The van der Waals surface area contributed by atoms with Crippen LogP contribution in [0.1, 0.15) is 53.1 Å². The summed E-state index contributed by atoms with van der Waals surface area (Å²) in [5.41, 5.74) is 9.24. The molecule has 1 heterocycles. The van der Waals surface area contributed by atoms with Crippen molar-refractivity contribution in [2.24, 2.45) is 0 Å². The van der Waals surface area contributed by atoms with Gasteiger partial charge in [0.1, 0.15) is 15.6 Å². The molecule has 0 aromatic heterocycles. The number of aliphatic carboxylic acids is 1. The smallest absolute Gasteiger partial charge is 0.303 e. The van der Waals surface area contributed by atoms with E-state index >= 15 is 0 Å². The Bertz CT molecular complexity index is 1370. The van der Waals surface area contributed by atoms with Crippen LogP contribution in [0.5, 0.6) is 5.75 Å². The van der Waals surface area contributed by atoms with E-state index in [2.05, 4.69) is 55.6 Å². The van der Waals surface area contributed by atoms with E-state index < -0.39 is 15.8 Å². The molecule has 6 nitrogen and oxygen atoms in total. The largest absolute Gasteiger partial charge is 0.494 e. The molecule has 1 atom stereocenters. The molecule has 0 amide bonds. The van der Waals surface area contributed by atoms with Crippen LogP contribution in [0.3, 0.4) is 0 Å². The number of benzene rings is 3. The minimum atomic E-state index is -2.98. The zero-order valence-corrected chi connectivity index (χ0v) is 22.5.